The van der Waals surface area contributed by atoms with E-state index >= 15 is 0 Å². The number of rotatable bonds is 1. The van der Waals surface area contributed by atoms with Gasteiger partial charge in [0.1, 0.15) is 5.60 Å². The topological polar surface area (TPSA) is 67.3 Å². The number of ether oxygens (including phenoxy) is 1. The van der Waals surface area contributed by atoms with Gasteiger partial charge in [-0.15, -0.1) is 0 Å². The highest BCUT2D eigenvalue weighted by molar-refractivity contribution is 5.68. The molecule has 0 atom stereocenters. The van der Waals surface area contributed by atoms with Crippen LogP contribution >= 0.6 is 0 Å². The monoisotopic (exact) mass is 293 g/mol. The molecule has 1 aliphatic carbocycles. The number of fused-ring (bicyclic) bond motifs is 1. The molecule has 116 valence electrons. The number of carbonyl (C=O) groups is 1. The summed E-state index contributed by atoms with van der Waals surface area (Å²) in [5, 5.41) is 3.24. The molecule has 0 unspecified atom stereocenters. The third-order valence-corrected chi connectivity index (χ3v) is 4.17. The van der Waals surface area contributed by atoms with Crippen molar-refractivity contribution in [3.63, 3.8) is 0 Å². The van der Waals surface area contributed by atoms with Crippen LogP contribution in [0, 0.1) is 0 Å². The van der Waals surface area contributed by atoms with Gasteiger partial charge in [-0.05, 0) is 40.0 Å². The van der Waals surface area contributed by atoms with E-state index in [0.29, 0.717) is 25.6 Å². The lowest BCUT2D eigenvalue weighted by molar-refractivity contribution is 0.0223. The second kappa shape index (κ2) is 4.93. The maximum absolute atomic E-state index is 12.5. The molecule has 1 saturated carbocycles. The standard InChI is InChI=1S/C15H23N3O3/c1-15(2,3)21-14(20)17-8-7-12-11(9-17)13(19)18(16-12)10-5-4-6-10/h10,16H,4-9H2,1-3H3. The highest BCUT2D eigenvalue weighted by atomic mass is 16.6. The normalized spacial score (nSPS) is 19.1. The van der Waals surface area contributed by atoms with E-state index in [1.807, 2.05) is 20.8 Å². The minimum Gasteiger partial charge on any atom is -0.444 e. The lowest BCUT2D eigenvalue weighted by Crippen LogP contribution is -2.41. The van der Waals surface area contributed by atoms with Crippen LogP contribution in [0.3, 0.4) is 0 Å². The Morgan fingerprint density at radius 3 is 2.62 bits per heavy atom. The van der Waals surface area contributed by atoms with Crippen LogP contribution in [0.25, 0.3) is 0 Å². The Kier molecular flexibility index (Phi) is 3.34. The minimum absolute atomic E-state index is 0.0305. The quantitative estimate of drug-likeness (QED) is 0.863. The molecule has 3 rings (SSSR count). The number of carbonyl (C=O) groups excluding carboxylic acids is 1. The molecule has 1 aromatic rings. The second-order valence-corrected chi connectivity index (χ2v) is 6.98. The number of aromatic amines is 1. The molecule has 0 saturated heterocycles. The lowest BCUT2D eigenvalue weighted by atomic mass is 9.93. The first-order chi connectivity index (χ1) is 9.85. The highest BCUT2D eigenvalue weighted by Gasteiger charge is 2.31. The Morgan fingerprint density at radius 1 is 1.33 bits per heavy atom. The Labute approximate surface area is 124 Å². The summed E-state index contributed by atoms with van der Waals surface area (Å²) in [5.74, 6) is 0. The molecular formula is C15H23N3O3. The van der Waals surface area contributed by atoms with Gasteiger partial charge in [-0.25, -0.2) is 9.48 Å². The number of aromatic nitrogens is 2. The summed E-state index contributed by atoms with van der Waals surface area (Å²) < 4.78 is 7.14. The van der Waals surface area contributed by atoms with Crippen molar-refractivity contribution in [3.05, 3.63) is 21.6 Å². The number of amides is 1. The predicted octanol–water partition coefficient (Wildman–Crippen LogP) is 2.19. The van der Waals surface area contributed by atoms with Crippen molar-refractivity contribution in [2.24, 2.45) is 0 Å². The zero-order valence-electron chi connectivity index (χ0n) is 12.9. The summed E-state index contributed by atoms with van der Waals surface area (Å²) in [6, 6.07) is 0.318. The summed E-state index contributed by atoms with van der Waals surface area (Å²) in [5.41, 5.74) is 1.22. The fourth-order valence-corrected chi connectivity index (χ4v) is 2.81. The smallest absolute Gasteiger partial charge is 0.410 e. The van der Waals surface area contributed by atoms with Crippen molar-refractivity contribution >= 4 is 6.09 Å². The molecule has 1 aliphatic heterocycles. The van der Waals surface area contributed by atoms with Gasteiger partial charge in [-0.2, -0.15) is 0 Å². The lowest BCUT2D eigenvalue weighted by Gasteiger charge is -2.29. The maximum Gasteiger partial charge on any atom is 0.410 e. The van der Waals surface area contributed by atoms with E-state index in [-0.39, 0.29) is 11.7 Å². The van der Waals surface area contributed by atoms with E-state index in [0.717, 1.165) is 24.1 Å². The van der Waals surface area contributed by atoms with Crippen LogP contribution in [0.1, 0.15) is 57.3 Å². The minimum atomic E-state index is -0.512. The third-order valence-electron chi connectivity index (χ3n) is 4.17. The van der Waals surface area contributed by atoms with Gasteiger partial charge in [0.15, 0.2) is 0 Å². The average Bonchev–Trinajstić information content (AvgIpc) is 2.62. The van der Waals surface area contributed by atoms with Gasteiger partial charge in [0, 0.05) is 18.7 Å². The number of nitrogens with zero attached hydrogens (tertiary/aromatic N) is 2. The zero-order chi connectivity index (χ0) is 15.2. The van der Waals surface area contributed by atoms with Gasteiger partial charge < -0.3 is 9.64 Å². The zero-order valence-corrected chi connectivity index (χ0v) is 12.9. The van der Waals surface area contributed by atoms with Crippen LogP contribution in [0.4, 0.5) is 4.79 Å². The molecule has 6 nitrogen and oxygen atoms in total. The van der Waals surface area contributed by atoms with Gasteiger partial charge in [0.05, 0.1) is 18.2 Å². The molecule has 6 heteroatoms. The van der Waals surface area contributed by atoms with Gasteiger partial charge in [-0.3, -0.25) is 9.89 Å². The molecule has 1 fully saturated rings. The molecule has 1 amide bonds. The predicted molar refractivity (Wildman–Crippen MR) is 78.3 cm³/mol. The first-order valence-corrected chi connectivity index (χ1v) is 7.65. The van der Waals surface area contributed by atoms with E-state index in [1.54, 1.807) is 9.58 Å². The van der Waals surface area contributed by atoms with Crippen molar-refractivity contribution in [2.75, 3.05) is 6.54 Å². The largest absolute Gasteiger partial charge is 0.444 e. The fraction of sp³-hybridized carbons (Fsp3) is 0.733. The maximum atomic E-state index is 12.5. The van der Waals surface area contributed by atoms with E-state index < -0.39 is 5.60 Å². The molecule has 0 spiro atoms. The summed E-state index contributed by atoms with van der Waals surface area (Å²) in [4.78, 5) is 26.2. The van der Waals surface area contributed by atoms with E-state index in [1.165, 1.54) is 6.42 Å². The third kappa shape index (κ3) is 2.71. The fourth-order valence-electron chi connectivity index (χ4n) is 2.81. The first-order valence-electron chi connectivity index (χ1n) is 7.65. The molecule has 0 radical (unpaired) electrons. The van der Waals surface area contributed by atoms with Crippen molar-refractivity contribution in [2.45, 2.75) is 64.6 Å². The van der Waals surface area contributed by atoms with Gasteiger partial charge >= 0.3 is 6.09 Å². The average molecular weight is 293 g/mol. The van der Waals surface area contributed by atoms with Crippen LogP contribution in [0.5, 0.6) is 0 Å². The van der Waals surface area contributed by atoms with Crippen molar-refractivity contribution in [3.8, 4) is 0 Å². The first kappa shape index (κ1) is 14.2. The molecule has 0 aromatic carbocycles. The van der Waals surface area contributed by atoms with Gasteiger partial charge in [-0.1, -0.05) is 0 Å². The number of H-pyrrole nitrogens is 1. The van der Waals surface area contributed by atoms with Gasteiger partial charge in [0.25, 0.3) is 5.56 Å². The summed E-state index contributed by atoms with van der Waals surface area (Å²) in [7, 11) is 0. The molecule has 0 bridgehead atoms. The van der Waals surface area contributed by atoms with Crippen molar-refractivity contribution in [1.29, 1.82) is 0 Å². The van der Waals surface area contributed by atoms with Crippen LogP contribution in [-0.2, 0) is 17.7 Å². The Hall–Kier alpha value is -1.72. The SMILES string of the molecule is CC(C)(C)OC(=O)N1CCc2[nH]n(C3CCC3)c(=O)c2C1. The number of nitrogens with one attached hydrogen (secondary N) is 1. The molecule has 1 aromatic heterocycles. The Bertz CT molecular complexity index is 605. The molecule has 1 N–H and O–H groups in total. The van der Waals surface area contributed by atoms with Gasteiger partial charge in [0.2, 0.25) is 0 Å². The van der Waals surface area contributed by atoms with E-state index in [9.17, 15) is 9.59 Å². The Balaban J connectivity index is 1.77. The highest BCUT2D eigenvalue weighted by Crippen LogP contribution is 2.30. The number of hydrogen-bond donors (Lipinski definition) is 1. The summed E-state index contributed by atoms with van der Waals surface area (Å²) >= 11 is 0. The van der Waals surface area contributed by atoms with Crippen LogP contribution in [0.15, 0.2) is 4.79 Å². The Morgan fingerprint density at radius 2 is 2.05 bits per heavy atom. The molecule has 21 heavy (non-hydrogen) atoms. The van der Waals surface area contributed by atoms with E-state index in [2.05, 4.69) is 5.10 Å². The summed E-state index contributed by atoms with van der Waals surface area (Å²) in [6.07, 6.45) is 3.65. The molecule has 2 aliphatic rings. The molecular weight excluding hydrogens is 270 g/mol. The molecule has 2 heterocycles. The van der Waals surface area contributed by atoms with Crippen LogP contribution < -0.4 is 5.56 Å². The van der Waals surface area contributed by atoms with E-state index in [4.69, 9.17) is 4.74 Å². The van der Waals surface area contributed by atoms with Crippen LogP contribution in [0.2, 0.25) is 0 Å². The van der Waals surface area contributed by atoms with Crippen LogP contribution in [-0.4, -0.2) is 32.9 Å². The van der Waals surface area contributed by atoms with Crippen molar-refractivity contribution < 1.29 is 9.53 Å². The second-order valence-electron chi connectivity index (χ2n) is 6.98. The summed E-state index contributed by atoms with van der Waals surface area (Å²) in [6.45, 7) is 6.48. The van der Waals surface area contributed by atoms with Crippen molar-refractivity contribution in [1.82, 2.24) is 14.7 Å². The number of hydrogen-bond acceptors (Lipinski definition) is 3.